The van der Waals surface area contributed by atoms with Crippen LogP contribution in [-0.4, -0.2) is 11.1 Å². The van der Waals surface area contributed by atoms with Crippen molar-refractivity contribution in [2.24, 2.45) is 17.6 Å². The first-order valence-corrected chi connectivity index (χ1v) is 6.55. The van der Waals surface area contributed by atoms with Crippen LogP contribution in [0, 0.1) is 18.8 Å². The molecule has 0 spiro atoms. The fourth-order valence-corrected chi connectivity index (χ4v) is 2.73. The molecule has 3 nitrogen and oxygen atoms in total. The van der Waals surface area contributed by atoms with Crippen molar-refractivity contribution in [3.05, 3.63) is 47.5 Å². The third-order valence-electron chi connectivity index (χ3n) is 4.02. The van der Waals surface area contributed by atoms with Crippen LogP contribution >= 0.6 is 0 Å². The van der Waals surface area contributed by atoms with Crippen molar-refractivity contribution in [1.82, 2.24) is 0 Å². The average molecular weight is 255 g/mol. The monoisotopic (exact) mass is 255 g/mol. The molecular formula is C16H17NO2. The summed E-state index contributed by atoms with van der Waals surface area (Å²) in [5.74, 6) is -0.902. The number of aliphatic carboxylic acids is 1. The molecule has 98 valence electrons. The van der Waals surface area contributed by atoms with Gasteiger partial charge in [-0.1, -0.05) is 35.9 Å². The van der Waals surface area contributed by atoms with Crippen molar-refractivity contribution >= 4 is 16.7 Å². The molecule has 2 aromatic rings. The van der Waals surface area contributed by atoms with E-state index in [1.807, 2.05) is 6.07 Å². The van der Waals surface area contributed by atoms with Crippen LogP contribution in [0.5, 0.6) is 0 Å². The highest BCUT2D eigenvalue weighted by Crippen LogP contribution is 2.46. The number of rotatable bonds is 3. The Morgan fingerprint density at radius 1 is 1.26 bits per heavy atom. The van der Waals surface area contributed by atoms with Gasteiger partial charge in [0.05, 0.1) is 5.92 Å². The Labute approximate surface area is 112 Å². The molecule has 0 radical (unpaired) electrons. The zero-order chi connectivity index (χ0) is 13.6. The van der Waals surface area contributed by atoms with Crippen LogP contribution in [-0.2, 0) is 4.79 Å². The Hall–Kier alpha value is -1.87. The maximum atomic E-state index is 10.9. The summed E-state index contributed by atoms with van der Waals surface area (Å²) >= 11 is 0. The summed E-state index contributed by atoms with van der Waals surface area (Å²) in [6, 6.07) is 12.3. The molecule has 0 aromatic heterocycles. The minimum absolute atomic E-state index is 0.0837. The van der Waals surface area contributed by atoms with Crippen LogP contribution in [0.25, 0.3) is 10.8 Å². The highest BCUT2D eigenvalue weighted by atomic mass is 16.4. The second-order valence-corrected chi connectivity index (χ2v) is 5.48. The van der Waals surface area contributed by atoms with Crippen molar-refractivity contribution < 1.29 is 9.90 Å². The van der Waals surface area contributed by atoms with Crippen LogP contribution in [0.2, 0.25) is 0 Å². The lowest BCUT2D eigenvalue weighted by Crippen LogP contribution is -2.15. The molecule has 2 aromatic carbocycles. The summed E-state index contributed by atoms with van der Waals surface area (Å²) in [6.45, 7) is 2.07. The normalized spacial score (nSPS) is 23.3. The van der Waals surface area contributed by atoms with Crippen molar-refractivity contribution in [2.45, 2.75) is 19.4 Å². The molecular weight excluding hydrogens is 238 g/mol. The molecule has 0 saturated heterocycles. The van der Waals surface area contributed by atoms with Gasteiger partial charge in [-0.3, -0.25) is 4.79 Å². The van der Waals surface area contributed by atoms with Crippen LogP contribution < -0.4 is 5.73 Å². The van der Waals surface area contributed by atoms with E-state index in [1.165, 1.54) is 10.9 Å². The lowest BCUT2D eigenvalue weighted by atomic mass is 9.98. The number of carbonyl (C=O) groups is 1. The molecule has 0 amide bonds. The number of carboxylic acid groups (broad SMARTS) is 1. The Balaban J connectivity index is 1.89. The topological polar surface area (TPSA) is 63.3 Å². The Morgan fingerprint density at radius 2 is 1.95 bits per heavy atom. The summed E-state index contributed by atoms with van der Waals surface area (Å²) in [4.78, 5) is 10.9. The van der Waals surface area contributed by atoms with E-state index < -0.39 is 5.97 Å². The number of fused-ring (bicyclic) bond motifs is 1. The van der Waals surface area contributed by atoms with E-state index >= 15 is 0 Å². The molecule has 19 heavy (non-hydrogen) atoms. The van der Waals surface area contributed by atoms with Gasteiger partial charge in [-0.25, -0.2) is 0 Å². The lowest BCUT2D eigenvalue weighted by molar-refractivity contribution is -0.138. The summed E-state index contributed by atoms with van der Waals surface area (Å²) in [5.41, 5.74) is 8.45. The van der Waals surface area contributed by atoms with Gasteiger partial charge in [0.1, 0.15) is 0 Å². The summed E-state index contributed by atoms with van der Waals surface area (Å²) in [6.07, 6.45) is 0.697. The Morgan fingerprint density at radius 3 is 2.63 bits per heavy atom. The van der Waals surface area contributed by atoms with Gasteiger partial charge >= 0.3 is 5.97 Å². The van der Waals surface area contributed by atoms with Gasteiger partial charge < -0.3 is 10.8 Å². The van der Waals surface area contributed by atoms with Crippen LogP contribution in [0.15, 0.2) is 36.4 Å². The number of hydrogen-bond donors (Lipinski definition) is 2. The highest BCUT2D eigenvalue weighted by Gasteiger charge is 2.47. The molecule has 0 heterocycles. The van der Waals surface area contributed by atoms with Crippen LogP contribution in [0.3, 0.4) is 0 Å². The van der Waals surface area contributed by atoms with E-state index in [1.54, 1.807) is 0 Å². The average Bonchev–Trinajstić information content (AvgIpc) is 3.17. The first-order valence-electron chi connectivity index (χ1n) is 6.55. The maximum Gasteiger partial charge on any atom is 0.306 e. The van der Waals surface area contributed by atoms with Crippen LogP contribution in [0.4, 0.5) is 0 Å². The maximum absolute atomic E-state index is 10.9. The molecule has 3 heteroatoms. The predicted molar refractivity (Wildman–Crippen MR) is 74.8 cm³/mol. The molecule has 3 rings (SSSR count). The molecule has 3 N–H and O–H groups in total. The van der Waals surface area contributed by atoms with Gasteiger partial charge in [-0.2, -0.15) is 0 Å². The molecule has 1 fully saturated rings. The third-order valence-corrected chi connectivity index (χ3v) is 4.02. The second kappa shape index (κ2) is 4.35. The van der Waals surface area contributed by atoms with Gasteiger partial charge in [-0.15, -0.1) is 0 Å². The van der Waals surface area contributed by atoms with E-state index in [9.17, 15) is 4.79 Å². The van der Waals surface area contributed by atoms with Crippen molar-refractivity contribution in [1.29, 1.82) is 0 Å². The van der Waals surface area contributed by atoms with Gasteiger partial charge in [-0.05, 0) is 41.7 Å². The van der Waals surface area contributed by atoms with E-state index in [2.05, 4.69) is 37.3 Å². The SMILES string of the molecule is Cc1ccc2cc(C(N)C3CC3C(=O)O)ccc2c1. The van der Waals surface area contributed by atoms with Crippen LogP contribution in [0.1, 0.15) is 23.6 Å². The molecule has 1 aliphatic carbocycles. The van der Waals surface area contributed by atoms with Crippen molar-refractivity contribution in [2.75, 3.05) is 0 Å². The lowest BCUT2D eigenvalue weighted by Gasteiger charge is -2.12. The summed E-state index contributed by atoms with van der Waals surface area (Å²) < 4.78 is 0. The largest absolute Gasteiger partial charge is 0.481 e. The fraction of sp³-hybridized carbons (Fsp3) is 0.312. The molecule has 1 aliphatic rings. The number of benzene rings is 2. The van der Waals surface area contributed by atoms with Gasteiger partial charge in [0.2, 0.25) is 0 Å². The third kappa shape index (κ3) is 2.22. The van der Waals surface area contributed by atoms with Gasteiger partial charge in [0, 0.05) is 6.04 Å². The molecule has 1 saturated carbocycles. The standard InChI is InChI=1S/C16H17NO2/c1-9-2-3-11-7-12(5-4-10(11)6-9)15(17)13-8-14(13)16(18)19/h2-7,13-15H,8,17H2,1H3,(H,18,19). The van der Waals surface area contributed by atoms with Gasteiger partial charge in [0.15, 0.2) is 0 Å². The summed E-state index contributed by atoms with van der Waals surface area (Å²) in [7, 11) is 0. The molecule has 0 bridgehead atoms. The summed E-state index contributed by atoms with van der Waals surface area (Å²) in [5, 5.41) is 11.3. The number of nitrogens with two attached hydrogens (primary N) is 1. The minimum atomic E-state index is -0.725. The number of aryl methyl sites for hydroxylation is 1. The Bertz CT molecular complexity index is 650. The zero-order valence-corrected chi connectivity index (χ0v) is 10.8. The quantitative estimate of drug-likeness (QED) is 0.886. The predicted octanol–water partition coefficient (Wildman–Crippen LogP) is 2.87. The minimum Gasteiger partial charge on any atom is -0.481 e. The number of hydrogen-bond acceptors (Lipinski definition) is 2. The first-order chi connectivity index (χ1) is 9.06. The molecule has 3 atom stereocenters. The Kier molecular flexibility index (Phi) is 2.79. The smallest absolute Gasteiger partial charge is 0.306 e. The van der Waals surface area contributed by atoms with Gasteiger partial charge in [0.25, 0.3) is 0 Å². The number of carboxylic acids is 1. The second-order valence-electron chi connectivity index (χ2n) is 5.48. The molecule has 0 aliphatic heterocycles. The fourth-order valence-electron chi connectivity index (χ4n) is 2.73. The molecule has 3 unspecified atom stereocenters. The highest BCUT2D eigenvalue weighted by molar-refractivity contribution is 5.84. The van der Waals surface area contributed by atoms with Crippen molar-refractivity contribution in [3.8, 4) is 0 Å². The zero-order valence-electron chi connectivity index (χ0n) is 10.8. The van der Waals surface area contributed by atoms with E-state index in [4.69, 9.17) is 10.8 Å². The van der Waals surface area contributed by atoms with E-state index in [-0.39, 0.29) is 17.9 Å². The first kappa shape index (κ1) is 12.2. The van der Waals surface area contributed by atoms with E-state index in [0.717, 1.165) is 10.9 Å². The van der Waals surface area contributed by atoms with Crippen molar-refractivity contribution in [3.63, 3.8) is 0 Å². The van der Waals surface area contributed by atoms with E-state index in [0.29, 0.717) is 6.42 Å².